The van der Waals surface area contributed by atoms with Gasteiger partial charge in [0.25, 0.3) is 11.5 Å². The first kappa shape index (κ1) is 34.9. The first-order valence-corrected chi connectivity index (χ1v) is 17.2. The largest absolute Gasteiger partial charge is 0.313 e. The molecule has 2 N–H and O–H groups in total. The predicted octanol–water partition coefficient (Wildman–Crippen LogP) is 8.81. The van der Waals surface area contributed by atoms with Gasteiger partial charge in [0.1, 0.15) is 11.4 Å². The molecule has 2 aromatic heterocycles. The Balaban J connectivity index is 0.000000474. The minimum absolute atomic E-state index is 0.0951. The third kappa shape index (κ3) is 9.35. The molecule has 0 spiro atoms. The zero-order valence-corrected chi connectivity index (χ0v) is 28.4. The fourth-order valence-electron chi connectivity index (χ4n) is 5.84. The van der Waals surface area contributed by atoms with Gasteiger partial charge in [-0.3, -0.25) is 14.4 Å². The van der Waals surface area contributed by atoms with E-state index in [1.807, 2.05) is 25.3 Å². The van der Waals surface area contributed by atoms with Crippen LogP contribution in [0, 0.1) is 11.8 Å². The van der Waals surface area contributed by atoms with E-state index in [1.165, 1.54) is 6.92 Å². The van der Waals surface area contributed by atoms with Crippen molar-refractivity contribution in [1.29, 1.82) is 0 Å². The quantitative estimate of drug-likeness (QED) is 0.149. The Morgan fingerprint density at radius 3 is 2.36 bits per heavy atom. The summed E-state index contributed by atoms with van der Waals surface area (Å²) in [4.78, 5) is 43.9. The van der Waals surface area contributed by atoms with Crippen LogP contribution in [0.2, 0.25) is 5.02 Å². The normalized spacial score (nSPS) is 17.1. The number of rotatable bonds is 12. The molecule has 6 rings (SSSR count). The fourth-order valence-corrected chi connectivity index (χ4v) is 6.02. The summed E-state index contributed by atoms with van der Waals surface area (Å²) < 4.78 is 25.7. The van der Waals surface area contributed by atoms with Crippen LogP contribution in [0.4, 0.5) is 14.6 Å². The Morgan fingerprint density at radius 1 is 1.06 bits per heavy atom. The predicted molar refractivity (Wildman–Crippen MR) is 183 cm³/mol. The van der Waals surface area contributed by atoms with E-state index in [-0.39, 0.29) is 35.8 Å². The van der Waals surface area contributed by atoms with Crippen molar-refractivity contribution in [2.24, 2.45) is 11.8 Å². The van der Waals surface area contributed by atoms with Gasteiger partial charge in [0.05, 0.1) is 0 Å². The highest BCUT2D eigenvalue weighted by Crippen LogP contribution is 2.44. The molecule has 0 saturated heterocycles. The smallest absolute Gasteiger partial charge is 0.263 e. The summed E-state index contributed by atoms with van der Waals surface area (Å²) in [5, 5.41) is 6.81. The van der Waals surface area contributed by atoms with E-state index in [1.54, 1.807) is 28.8 Å². The first-order chi connectivity index (χ1) is 22.3. The molecule has 0 unspecified atom stereocenters. The first-order valence-electron chi connectivity index (χ1n) is 16.8. The molecule has 3 aliphatic rings. The number of ketones is 1. The van der Waals surface area contributed by atoms with Gasteiger partial charge in [-0.1, -0.05) is 44.9 Å². The highest BCUT2D eigenvalue weighted by atomic mass is 35.5. The van der Waals surface area contributed by atoms with E-state index in [2.05, 4.69) is 24.5 Å². The molecule has 3 aromatic rings. The monoisotopic (exact) mass is 666 g/mol. The standard InChI is InChI=1S/C31H35ClN4O3.C6H10F2/c1-18(2)10-11-33-16-20-12-27(31(39)36(17-20)24-7-8-24)30(38)35-29-14-22(13-28(34-29)21-4-5-21)25-9-6-23(32)15-26(25)19(3)37;1-2-5-3-6(7,8)4-5/h6,9,12-15,17-18,21,24,33H,4-5,7-8,10-11,16H2,1-3H3,(H,34,35,38);5H,2-4H2,1H3. The van der Waals surface area contributed by atoms with Gasteiger partial charge >= 0.3 is 0 Å². The van der Waals surface area contributed by atoms with E-state index in [0.717, 1.165) is 67.5 Å². The number of nitrogens with one attached hydrogen (secondary N) is 2. The molecule has 252 valence electrons. The summed E-state index contributed by atoms with van der Waals surface area (Å²) in [6.07, 6.45) is 8.05. The minimum Gasteiger partial charge on any atom is -0.313 e. The van der Waals surface area contributed by atoms with Crippen LogP contribution < -0.4 is 16.2 Å². The molecule has 47 heavy (non-hydrogen) atoms. The second-order valence-electron chi connectivity index (χ2n) is 13.7. The molecule has 1 amide bonds. The van der Waals surface area contributed by atoms with Crippen LogP contribution in [-0.4, -0.2) is 33.7 Å². The number of pyridine rings is 2. The summed E-state index contributed by atoms with van der Waals surface area (Å²) in [5.74, 6) is -1.29. The van der Waals surface area contributed by atoms with E-state index >= 15 is 0 Å². The number of hydrogen-bond acceptors (Lipinski definition) is 5. The van der Waals surface area contributed by atoms with Crippen molar-refractivity contribution < 1.29 is 18.4 Å². The average Bonchev–Trinajstić information content (AvgIpc) is 3.92. The Morgan fingerprint density at radius 2 is 1.79 bits per heavy atom. The van der Waals surface area contributed by atoms with Crippen LogP contribution in [0.15, 0.2) is 47.4 Å². The Labute approximate surface area is 280 Å². The number of hydrogen-bond donors (Lipinski definition) is 2. The van der Waals surface area contributed by atoms with Gasteiger partial charge in [-0.05, 0) is 104 Å². The fraction of sp³-hybridized carbons (Fsp3) is 0.514. The molecule has 0 radical (unpaired) electrons. The molecule has 2 heterocycles. The molecule has 3 aliphatic carbocycles. The van der Waals surface area contributed by atoms with Crippen molar-refractivity contribution in [2.45, 2.75) is 103 Å². The third-order valence-corrected chi connectivity index (χ3v) is 9.25. The highest BCUT2D eigenvalue weighted by molar-refractivity contribution is 6.31. The molecule has 1 aromatic carbocycles. The van der Waals surface area contributed by atoms with Crippen LogP contribution >= 0.6 is 11.6 Å². The van der Waals surface area contributed by atoms with Gasteiger partial charge in [-0.2, -0.15) is 0 Å². The van der Waals surface area contributed by atoms with Gasteiger partial charge in [-0.25, -0.2) is 13.8 Å². The van der Waals surface area contributed by atoms with E-state index < -0.39 is 11.8 Å². The Hall–Kier alpha value is -3.43. The summed E-state index contributed by atoms with van der Waals surface area (Å²) in [7, 11) is 0. The van der Waals surface area contributed by atoms with Crippen LogP contribution in [0.1, 0.15) is 123 Å². The van der Waals surface area contributed by atoms with Gasteiger partial charge in [0.15, 0.2) is 5.78 Å². The molecule has 10 heteroatoms. The number of aromatic nitrogens is 2. The second kappa shape index (κ2) is 14.8. The van der Waals surface area contributed by atoms with Crippen molar-refractivity contribution in [1.82, 2.24) is 14.9 Å². The lowest BCUT2D eigenvalue weighted by atomic mass is 9.80. The SMILES string of the molecule is CC(=O)c1cc(Cl)ccc1-c1cc(NC(=O)c2cc(CNCCC(C)C)cn(C3CC3)c2=O)nc(C2CC2)c1.CCC1CC(F)(F)C1. The molecule has 0 bridgehead atoms. The molecule has 0 atom stereocenters. The minimum atomic E-state index is -2.30. The van der Waals surface area contributed by atoms with Crippen molar-refractivity contribution in [3.05, 3.63) is 80.4 Å². The molecule has 3 saturated carbocycles. The molecular weight excluding hydrogens is 622 g/mol. The zero-order chi connectivity index (χ0) is 33.9. The topological polar surface area (TPSA) is 93.1 Å². The van der Waals surface area contributed by atoms with Crippen molar-refractivity contribution >= 4 is 29.1 Å². The highest BCUT2D eigenvalue weighted by Gasteiger charge is 2.43. The maximum atomic E-state index is 13.5. The average molecular weight is 667 g/mol. The van der Waals surface area contributed by atoms with Gasteiger partial charge in [0.2, 0.25) is 5.92 Å². The molecule has 7 nitrogen and oxygen atoms in total. The van der Waals surface area contributed by atoms with E-state index in [4.69, 9.17) is 16.6 Å². The van der Waals surface area contributed by atoms with Crippen molar-refractivity contribution in [2.75, 3.05) is 11.9 Å². The second-order valence-corrected chi connectivity index (χ2v) is 14.2. The third-order valence-electron chi connectivity index (χ3n) is 9.02. The van der Waals surface area contributed by atoms with Gasteiger partial charge in [-0.15, -0.1) is 0 Å². The van der Waals surface area contributed by atoms with Crippen molar-refractivity contribution in [3.63, 3.8) is 0 Å². The summed E-state index contributed by atoms with van der Waals surface area (Å²) in [6, 6.07) is 10.8. The van der Waals surface area contributed by atoms with E-state index in [9.17, 15) is 23.2 Å². The number of nitrogens with zero attached hydrogens (tertiary/aromatic N) is 2. The van der Waals surface area contributed by atoms with E-state index in [0.29, 0.717) is 40.7 Å². The Kier molecular flexibility index (Phi) is 11.0. The lowest BCUT2D eigenvalue weighted by Crippen LogP contribution is -2.34. The summed E-state index contributed by atoms with van der Waals surface area (Å²) >= 11 is 6.17. The number of Topliss-reactive ketones (excluding diaryl/α,β-unsaturated/α-hetero) is 1. The number of alkyl halides is 2. The maximum absolute atomic E-state index is 13.5. The number of anilines is 1. The number of carbonyl (C=O) groups is 2. The van der Waals surface area contributed by atoms with Gasteiger partial charge in [0, 0.05) is 53.8 Å². The van der Waals surface area contributed by atoms with Gasteiger partial charge < -0.3 is 15.2 Å². The van der Waals surface area contributed by atoms with Crippen LogP contribution in [0.5, 0.6) is 0 Å². The van der Waals surface area contributed by atoms with Crippen LogP contribution in [0.3, 0.4) is 0 Å². The zero-order valence-electron chi connectivity index (χ0n) is 27.7. The molecule has 0 aliphatic heterocycles. The Bertz CT molecular complexity index is 1670. The number of carbonyl (C=O) groups excluding carboxylic acids is 2. The number of benzene rings is 1. The number of amides is 1. The lowest BCUT2D eigenvalue weighted by molar-refractivity contribution is -0.110. The maximum Gasteiger partial charge on any atom is 0.263 e. The van der Waals surface area contributed by atoms with Crippen LogP contribution in [0.25, 0.3) is 11.1 Å². The molecule has 3 fully saturated rings. The molecular formula is C37H45ClF2N4O3. The lowest BCUT2D eigenvalue weighted by Gasteiger charge is -2.33. The summed E-state index contributed by atoms with van der Waals surface area (Å²) in [6.45, 7) is 9.29. The van der Waals surface area contributed by atoms with Crippen molar-refractivity contribution in [3.8, 4) is 11.1 Å². The summed E-state index contributed by atoms with van der Waals surface area (Å²) in [5.41, 5.74) is 3.63. The van der Waals surface area contributed by atoms with Crippen LogP contribution in [-0.2, 0) is 6.54 Å². The number of halogens is 3.